The van der Waals surface area contributed by atoms with Gasteiger partial charge in [-0.3, -0.25) is 19.7 Å². The number of carbonyl (C=O) groups is 2. The summed E-state index contributed by atoms with van der Waals surface area (Å²) in [6.07, 6.45) is -0.761. The number of hydrogen-bond donors (Lipinski definition) is 0. The Labute approximate surface area is 253 Å². The number of fused-ring (bicyclic) bond motifs is 2. The smallest absolute Gasteiger partial charge is 0.334 e. The summed E-state index contributed by atoms with van der Waals surface area (Å²) in [5, 5.41) is 22.7. The number of aryl methyl sites for hydroxylation is 3. The maximum Gasteiger partial charge on any atom is 0.334 e. The molecule has 1 amide bonds. The highest BCUT2D eigenvalue weighted by Gasteiger charge is 2.67. The van der Waals surface area contributed by atoms with E-state index >= 15 is 0 Å². The normalized spacial score (nSPS) is 25.8. The van der Waals surface area contributed by atoms with Gasteiger partial charge < -0.3 is 9.26 Å². The fourth-order valence-corrected chi connectivity index (χ4v) is 7.46. The van der Waals surface area contributed by atoms with E-state index in [1.165, 1.54) is 11.9 Å². The number of nitro groups is 1. The monoisotopic (exact) mass is 590 g/mol. The summed E-state index contributed by atoms with van der Waals surface area (Å²) in [5.41, 5.74) is 2.62. The van der Waals surface area contributed by atoms with Crippen molar-refractivity contribution in [2.75, 3.05) is 5.01 Å². The maximum atomic E-state index is 14.9. The van der Waals surface area contributed by atoms with Gasteiger partial charge in [-0.15, -0.1) is 0 Å². The second-order valence-corrected chi connectivity index (χ2v) is 12.0. The minimum Gasteiger partial charge on any atom is -0.488 e. The highest BCUT2D eigenvalue weighted by molar-refractivity contribution is 6.20. The quantitative estimate of drug-likeness (QED) is 0.197. The van der Waals surface area contributed by atoms with E-state index in [9.17, 15) is 19.7 Å². The Bertz CT molecular complexity index is 1880. The molecule has 2 aliphatic heterocycles. The third-order valence-electron chi connectivity index (χ3n) is 9.40. The molecule has 5 atom stereocenters. The summed E-state index contributed by atoms with van der Waals surface area (Å²) in [4.78, 5) is 41.3. The van der Waals surface area contributed by atoms with Gasteiger partial charge >= 0.3 is 5.69 Å². The topological polar surface area (TPSA) is 128 Å². The number of amides is 1. The summed E-state index contributed by atoms with van der Waals surface area (Å²) in [7, 11) is 0. The van der Waals surface area contributed by atoms with Gasteiger partial charge in [-0.05, 0) is 63.9 Å². The molecule has 4 aromatic rings. The molecule has 1 aliphatic carbocycles. The lowest BCUT2D eigenvalue weighted by Crippen LogP contribution is -2.58. The third kappa shape index (κ3) is 3.93. The molecule has 0 bridgehead atoms. The molecule has 44 heavy (non-hydrogen) atoms. The predicted octanol–water partition coefficient (Wildman–Crippen LogP) is 6.45. The molecule has 0 saturated heterocycles. The van der Waals surface area contributed by atoms with Gasteiger partial charge in [-0.1, -0.05) is 64.8 Å². The number of hydrogen-bond acceptors (Lipinski definition) is 8. The van der Waals surface area contributed by atoms with E-state index < -0.39 is 34.2 Å². The molecule has 222 valence electrons. The number of carbonyl (C=O) groups excluding carboxylic acids is 2. The maximum absolute atomic E-state index is 14.9. The number of aromatic nitrogens is 1. The Balaban J connectivity index is 1.52. The van der Waals surface area contributed by atoms with E-state index in [0.717, 1.165) is 16.7 Å². The molecule has 10 heteroatoms. The van der Waals surface area contributed by atoms with Crippen molar-refractivity contribution in [3.63, 3.8) is 0 Å². The number of nitrogens with zero attached hydrogens (tertiary/aromatic N) is 4. The van der Waals surface area contributed by atoms with Crippen molar-refractivity contribution >= 4 is 28.8 Å². The molecule has 10 nitrogen and oxygen atoms in total. The summed E-state index contributed by atoms with van der Waals surface area (Å²) in [6, 6.07) is 22.3. The van der Waals surface area contributed by atoms with Crippen LogP contribution >= 0.6 is 0 Å². The van der Waals surface area contributed by atoms with Crippen molar-refractivity contribution in [2.24, 2.45) is 16.4 Å². The molecular weight excluding hydrogens is 560 g/mol. The van der Waals surface area contributed by atoms with Crippen LogP contribution in [0.15, 0.2) is 82.4 Å². The molecule has 0 radical (unpaired) electrons. The van der Waals surface area contributed by atoms with Crippen molar-refractivity contribution in [2.45, 2.75) is 52.1 Å². The van der Waals surface area contributed by atoms with E-state index in [4.69, 9.17) is 14.4 Å². The van der Waals surface area contributed by atoms with Gasteiger partial charge in [0.2, 0.25) is 5.76 Å². The number of para-hydroxylation sites is 1. The first kappa shape index (κ1) is 27.7. The zero-order valence-corrected chi connectivity index (χ0v) is 24.7. The summed E-state index contributed by atoms with van der Waals surface area (Å²) >= 11 is 0. The number of hydrazone groups is 1. The van der Waals surface area contributed by atoms with E-state index in [-0.39, 0.29) is 35.3 Å². The lowest BCUT2D eigenvalue weighted by atomic mass is 9.52. The minimum atomic E-state index is -1.34. The molecule has 3 heterocycles. The van der Waals surface area contributed by atoms with Crippen molar-refractivity contribution < 1.29 is 23.8 Å². The lowest BCUT2D eigenvalue weighted by molar-refractivity contribution is -0.387. The molecule has 0 N–H and O–H groups in total. The van der Waals surface area contributed by atoms with Gasteiger partial charge in [0.1, 0.15) is 11.9 Å². The van der Waals surface area contributed by atoms with Crippen LogP contribution in [0, 0.1) is 42.2 Å². The Hall–Kier alpha value is -5.12. The molecule has 1 spiro atoms. The fraction of sp³-hybridized carbons (Fsp3) is 0.294. The van der Waals surface area contributed by atoms with E-state index in [0.29, 0.717) is 22.7 Å². The van der Waals surface area contributed by atoms with Gasteiger partial charge in [0, 0.05) is 5.92 Å². The Morgan fingerprint density at radius 2 is 1.70 bits per heavy atom. The van der Waals surface area contributed by atoms with Crippen LogP contribution in [-0.2, 0) is 4.79 Å². The van der Waals surface area contributed by atoms with Crippen molar-refractivity contribution in [3.8, 4) is 5.75 Å². The minimum absolute atomic E-state index is 0.0183. The molecule has 3 aliphatic rings. The number of anilines is 1. The molecule has 7 rings (SSSR count). The standard InChI is InChI=1S/C34H30N4O6/c1-18-9-8-10-22(15-18)28-27(32-29(38(41)42)20(3)36-44-32)31-25(30(39)24-16-19(2)13-14-26(24)43-31)17-34(28)21(4)35-37(33(34)40)23-11-6-5-7-12-23/h5-16,25,27-28,31H,17H2,1-4H3/t25-,27-,28-,31-,34-/m1/s1. The SMILES string of the molecule is CC1=NN(c2ccccc2)C(=O)[C@]12C[C@@H]1C(=O)c3cc(C)ccc3O[C@H]1[C@H](c1onc(C)c1[N+](=O)[O-])[C@H]2c1cccc(C)c1. The Kier molecular flexibility index (Phi) is 6.28. The number of ketones is 1. The molecule has 0 unspecified atom stereocenters. The molecule has 1 saturated carbocycles. The first-order valence-corrected chi connectivity index (χ1v) is 14.6. The van der Waals surface area contributed by atoms with Crippen LogP contribution in [-0.4, -0.2) is 33.6 Å². The van der Waals surface area contributed by atoms with Crippen molar-refractivity contribution in [3.05, 3.63) is 117 Å². The molecule has 3 aromatic carbocycles. The summed E-state index contributed by atoms with van der Waals surface area (Å²) in [5.74, 6) is -2.58. The van der Waals surface area contributed by atoms with Crippen LogP contribution in [0.1, 0.15) is 63.7 Å². The van der Waals surface area contributed by atoms with E-state index in [2.05, 4.69) is 5.16 Å². The first-order chi connectivity index (χ1) is 21.1. The summed E-state index contributed by atoms with van der Waals surface area (Å²) < 4.78 is 12.4. The van der Waals surface area contributed by atoms with Crippen molar-refractivity contribution in [1.29, 1.82) is 0 Å². The Morgan fingerprint density at radius 1 is 0.955 bits per heavy atom. The zero-order chi connectivity index (χ0) is 30.9. The van der Waals surface area contributed by atoms with Gasteiger partial charge in [0.05, 0.1) is 39.1 Å². The van der Waals surface area contributed by atoms with Crippen LogP contribution in [0.2, 0.25) is 0 Å². The fourth-order valence-electron chi connectivity index (χ4n) is 7.46. The predicted molar refractivity (Wildman–Crippen MR) is 162 cm³/mol. The molecule has 1 fully saturated rings. The number of rotatable bonds is 4. The number of Topliss-reactive ketones (excluding diaryl/α,β-unsaturated/α-hetero) is 1. The zero-order valence-electron chi connectivity index (χ0n) is 24.7. The van der Waals surface area contributed by atoms with Crippen LogP contribution in [0.25, 0.3) is 0 Å². The first-order valence-electron chi connectivity index (χ1n) is 14.6. The number of ether oxygens (including phenoxy) is 1. The molecular formula is C34H30N4O6. The molecule has 1 aromatic heterocycles. The summed E-state index contributed by atoms with van der Waals surface area (Å²) in [6.45, 7) is 7.16. The third-order valence-corrected chi connectivity index (χ3v) is 9.40. The average Bonchev–Trinajstić information content (AvgIpc) is 3.51. The van der Waals surface area contributed by atoms with Gasteiger partial charge in [-0.25, -0.2) is 0 Å². The van der Waals surface area contributed by atoms with Crippen molar-refractivity contribution in [1.82, 2.24) is 5.16 Å². The second-order valence-electron chi connectivity index (χ2n) is 12.0. The van der Waals surface area contributed by atoms with Crippen LogP contribution in [0.4, 0.5) is 11.4 Å². The highest BCUT2D eigenvalue weighted by Crippen LogP contribution is 2.62. The largest absolute Gasteiger partial charge is 0.488 e. The second kappa shape index (κ2) is 9.97. The number of benzene rings is 3. The van der Waals surface area contributed by atoms with E-state index in [1.54, 1.807) is 31.2 Å². The Morgan fingerprint density at radius 3 is 2.43 bits per heavy atom. The van der Waals surface area contributed by atoms with Crippen LogP contribution in [0.5, 0.6) is 5.75 Å². The highest BCUT2D eigenvalue weighted by atomic mass is 16.6. The van der Waals surface area contributed by atoms with Crippen LogP contribution in [0.3, 0.4) is 0 Å². The average molecular weight is 591 g/mol. The van der Waals surface area contributed by atoms with Crippen LogP contribution < -0.4 is 9.75 Å². The lowest BCUT2D eigenvalue weighted by Gasteiger charge is -2.51. The van der Waals surface area contributed by atoms with Gasteiger partial charge in [-0.2, -0.15) is 10.1 Å². The van der Waals surface area contributed by atoms with Gasteiger partial charge in [0.25, 0.3) is 5.91 Å². The van der Waals surface area contributed by atoms with E-state index in [1.807, 2.05) is 62.4 Å². The van der Waals surface area contributed by atoms with Gasteiger partial charge in [0.15, 0.2) is 11.5 Å².